The lowest BCUT2D eigenvalue weighted by molar-refractivity contribution is -0.113. The van der Waals surface area contributed by atoms with Gasteiger partial charge in [-0.2, -0.15) is 0 Å². The summed E-state index contributed by atoms with van der Waals surface area (Å²) in [5, 5.41) is 11.8. The molecule has 0 aliphatic rings. The van der Waals surface area contributed by atoms with Gasteiger partial charge in [0.15, 0.2) is 5.82 Å². The summed E-state index contributed by atoms with van der Waals surface area (Å²) in [6.45, 7) is 0. The number of nitrogens with two attached hydrogens (primary N) is 1. The zero-order chi connectivity index (χ0) is 19.6. The summed E-state index contributed by atoms with van der Waals surface area (Å²) in [4.78, 5) is 12.0. The Morgan fingerprint density at radius 3 is 2.59 bits per heavy atom. The Balaban J connectivity index is 1.69. The van der Waals surface area contributed by atoms with Gasteiger partial charge in [-0.25, -0.2) is 9.07 Å². The Morgan fingerprint density at radius 2 is 1.85 bits per heavy atom. The van der Waals surface area contributed by atoms with Crippen molar-refractivity contribution in [1.29, 1.82) is 0 Å². The van der Waals surface area contributed by atoms with Gasteiger partial charge in [-0.1, -0.05) is 46.6 Å². The van der Waals surface area contributed by atoms with E-state index in [0.717, 1.165) is 17.8 Å². The van der Waals surface area contributed by atoms with Crippen LogP contribution < -0.4 is 11.2 Å². The van der Waals surface area contributed by atoms with Crippen LogP contribution in [-0.4, -0.2) is 26.5 Å². The number of aromatic nitrogens is 3. The van der Waals surface area contributed by atoms with Crippen molar-refractivity contribution in [2.45, 2.75) is 5.16 Å². The first-order valence-electron chi connectivity index (χ1n) is 7.39. The Morgan fingerprint density at radius 1 is 1.15 bits per heavy atom. The highest BCUT2D eigenvalue weighted by molar-refractivity contribution is 7.99. The van der Waals surface area contributed by atoms with E-state index in [9.17, 15) is 9.18 Å². The summed E-state index contributed by atoms with van der Waals surface area (Å²) in [7, 11) is 0. The molecule has 1 amide bonds. The molecule has 11 heteroatoms. The number of benzene rings is 2. The lowest BCUT2D eigenvalue weighted by atomic mass is 10.2. The molecule has 0 unspecified atom stereocenters. The van der Waals surface area contributed by atoms with Crippen molar-refractivity contribution in [3.8, 4) is 11.4 Å². The molecule has 3 aromatic rings. The fourth-order valence-corrected chi connectivity index (χ4v) is 3.32. The average Bonchev–Trinajstić information content (AvgIpc) is 2.98. The zero-order valence-electron chi connectivity index (χ0n) is 13.4. The second-order valence-electron chi connectivity index (χ2n) is 5.26. The number of thioether (sulfide) groups is 1. The number of halogens is 4. The maximum atomic E-state index is 13.7. The van der Waals surface area contributed by atoms with Gasteiger partial charge in [-0.05, 0) is 36.4 Å². The third kappa shape index (κ3) is 4.65. The van der Waals surface area contributed by atoms with Crippen LogP contribution in [0.1, 0.15) is 0 Å². The Hall–Kier alpha value is -2.00. The molecule has 0 radical (unpaired) electrons. The molecular formula is C16H11Cl3FN5OS. The van der Waals surface area contributed by atoms with Crippen LogP contribution in [0.25, 0.3) is 11.4 Å². The van der Waals surface area contributed by atoms with Crippen molar-refractivity contribution in [3.63, 3.8) is 0 Å². The highest BCUT2D eigenvalue weighted by Gasteiger charge is 2.17. The van der Waals surface area contributed by atoms with Crippen LogP contribution in [0.5, 0.6) is 0 Å². The van der Waals surface area contributed by atoms with E-state index in [1.54, 1.807) is 18.2 Å². The van der Waals surface area contributed by atoms with Crippen molar-refractivity contribution in [2.75, 3.05) is 16.9 Å². The molecule has 6 nitrogen and oxygen atoms in total. The summed E-state index contributed by atoms with van der Waals surface area (Å²) in [5.74, 6) is 5.18. The number of anilines is 1. The smallest absolute Gasteiger partial charge is 0.234 e. The SMILES string of the molecule is Nn1c(SCC(=O)Nc2ccc(Cl)cc2F)nnc1-c1cc(Cl)ccc1Cl. The standard InChI is InChI=1S/C16H11Cl3FN5OS/c17-8-1-3-11(19)10(5-8)15-23-24-16(25(15)21)27-7-14(26)22-13-4-2-9(18)6-12(13)20/h1-6H,7,21H2,(H,22,26). The van der Waals surface area contributed by atoms with Crippen LogP contribution >= 0.6 is 46.6 Å². The van der Waals surface area contributed by atoms with Gasteiger partial charge in [0.2, 0.25) is 11.1 Å². The molecule has 3 N–H and O–H groups in total. The third-order valence-electron chi connectivity index (χ3n) is 3.37. The normalized spacial score (nSPS) is 10.8. The summed E-state index contributed by atoms with van der Waals surface area (Å²) in [6, 6.07) is 8.84. The molecule has 0 aliphatic carbocycles. The number of nitrogen functional groups attached to an aromatic ring is 1. The van der Waals surface area contributed by atoms with Crippen LogP contribution in [0, 0.1) is 5.82 Å². The molecule has 0 bridgehead atoms. The minimum Gasteiger partial charge on any atom is -0.335 e. The predicted octanol–water partition coefficient (Wildman–Crippen LogP) is 4.49. The number of amides is 1. The molecule has 0 fully saturated rings. The average molecular weight is 447 g/mol. The molecule has 0 atom stereocenters. The minimum atomic E-state index is -0.624. The quantitative estimate of drug-likeness (QED) is 0.445. The highest BCUT2D eigenvalue weighted by atomic mass is 35.5. The topological polar surface area (TPSA) is 85.8 Å². The number of hydrogen-bond acceptors (Lipinski definition) is 5. The van der Waals surface area contributed by atoms with Gasteiger partial charge in [-0.15, -0.1) is 10.2 Å². The predicted molar refractivity (Wildman–Crippen MR) is 106 cm³/mol. The summed E-state index contributed by atoms with van der Waals surface area (Å²) < 4.78 is 14.9. The van der Waals surface area contributed by atoms with E-state index < -0.39 is 11.7 Å². The van der Waals surface area contributed by atoms with Gasteiger partial charge in [0.05, 0.1) is 16.5 Å². The highest BCUT2D eigenvalue weighted by Crippen LogP contribution is 2.30. The van der Waals surface area contributed by atoms with Crippen molar-refractivity contribution in [2.24, 2.45) is 0 Å². The zero-order valence-corrected chi connectivity index (χ0v) is 16.5. The minimum absolute atomic E-state index is 0.0330. The van der Waals surface area contributed by atoms with Crippen LogP contribution in [0.3, 0.4) is 0 Å². The largest absolute Gasteiger partial charge is 0.335 e. The Kier molecular flexibility index (Phi) is 6.11. The maximum absolute atomic E-state index is 13.7. The molecule has 0 saturated heterocycles. The molecule has 27 heavy (non-hydrogen) atoms. The van der Waals surface area contributed by atoms with Crippen LogP contribution in [0.4, 0.5) is 10.1 Å². The fraction of sp³-hybridized carbons (Fsp3) is 0.0625. The number of rotatable bonds is 5. The Bertz CT molecular complexity index is 1010. The second-order valence-corrected chi connectivity index (χ2v) is 7.48. The number of carbonyl (C=O) groups is 1. The molecular weight excluding hydrogens is 436 g/mol. The summed E-state index contributed by atoms with van der Waals surface area (Å²) >= 11 is 18.8. The molecule has 3 rings (SSSR count). The molecule has 0 saturated carbocycles. The number of nitrogens with zero attached hydrogens (tertiary/aromatic N) is 3. The van der Waals surface area contributed by atoms with Crippen LogP contribution in [0.2, 0.25) is 15.1 Å². The lowest BCUT2D eigenvalue weighted by Crippen LogP contribution is -2.17. The first-order chi connectivity index (χ1) is 12.8. The van der Waals surface area contributed by atoms with Crippen LogP contribution in [-0.2, 0) is 4.79 Å². The van der Waals surface area contributed by atoms with Gasteiger partial charge in [0, 0.05) is 15.6 Å². The van der Waals surface area contributed by atoms with Gasteiger partial charge in [0.25, 0.3) is 0 Å². The van der Waals surface area contributed by atoms with Crippen molar-refractivity contribution < 1.29 is 9.18 Å². The van der Waals surface area contributed by atoms with E-state index >= 15 is 0 Å². The molecule has 1 heterocycles. The number of carbonyl (C=O) groups excluding carboxylic acids is 1. The van der Waals surface area contributed by atoms with Gasteiger partial charge in [0.1, 0.15) is 5.82 Å². The van der Waals surface area contributed by atoms with E-state index in [1.165, 1.54) is 16.8 Å². The molecule has 2 aromatic carbocycles. The first-order valence-corrected chi connectivity index (χ1v) is 9.50. The van der Waals surface area contributed by atoms with E-state index in [4.69, 9.17) is 40.6 Å². The monoisotopic (exact) mass is 445 g/mol. The molecule has 0 aliphatic heterocycles. The molecule has 0 spiro atoms. The molecule has 140 valence electrons. The van der Waals surface area contributed by atoms with E-state index in [0.29, 0.717) is 21.4 Å². The van der Waals surface area contributed by atoms with Gasteiger partial charge >= 0.3 is 0 Å². The Labute approximate surface area is 172 Å². The maximum Gasteiger partial charge on any atom is 0.234 e. The van der Waals surface area contributed by atoms with Gasteiger partial charge in [-0.3, -0.25) is 4.79 Å². The number of hydrogen-bond donors (Lipinski definition) is 2. The lowest BCUT2D eigenvalue weighted by Gasteiger charge is -2.07. The first kappa shape index (κ1) is 19.8. The van der Waals surface area contributed by atoms with Crippen molar-refractivity contribution >= 4 is 58.2 Å². The van der Waals surface area contributed by atoms with E-state index in [2.05, 4.69) is 15.5 Å². The fourth-order valence-electron chi connectivity index (χ4n) is 2.14. The van der Waals surface area contributed by atoms with Crippen molar-refractivity contribution in [3.05, 3.63) is 57.3 Å². The summed E-state index contributed by atoms with van der Waals surface area (Å²) in [6.07, 6.45) is 0. The number of nitrogens with one attached hydrogen (secondary N) is 1. The van der Waals surface area contributed by atoms with E-state index in [1.807, 2.05) is 0 Å². The second kappa shape index (κ2) is 8.35. The van der Waals surface area contributed by atoms with Crippen LogP contribution in [0.15, 0.2) is 41.6 Å². The van der Waals surface area contributed by atoms with Gasteiger partial charge < -0.3 is 11.2 Å². The third-order valence-corrected chi connectivity index (χ3v) is 5.11. The summed E-state index contributed by atoms with van der Waals surface area (Å²) in [5.41, 5.74) is 0.546. The van der Waals surface area contributed by atoms with Crippen molar-refractivity contribution in [1.82, 2.24) is 14.9 Å². The molecule has 1 aromatic heterocycles. The van der Waals surface area contributed by atoms with E-state index in [-0.39, 0.29) is 21.6 Å².